The summed E-state index contributed by atoms with van der Waals surface area (Å²) >= 11 is 0. The van der Waals surface area contributed by atoms with Crippen LogP contribution in [0.4, 0.5) is 15.8 Å². The van der Waals surface area contributed by atoms with E-state index in [9.17, 15) is 27.7 Å². The van der Waals surface area contributed by atoms with Crippen molar-refractivity contribution in [3.05, 3.63) is 64.0 Å². The molecule has 1 N–H and O–H groups in total. The minimum atomic E-state index is -4.17. The molecule has 0 saturated heterocycles. The Kier molecular flexibility index (Phi) is 6.65. The summed E-state index contributed by atoms with van der Waals surface area (Å²) in [5, 5.41) is 11.2. The largest absolute Gasteiger partial charge is 0.460 e. The van der Waals surface area contributed by atoms with Gasteiger partial charge in [0.25, 0.3) is 5.69 Å². The highest BCUT2D eigenvalue weighted by Gasteiger charge is 2.23. The molecule has 0 spiro atoms. The highest BCUT2D eigenvalue weighted by atomic mass is 32.2. The number of nitrogens with zero attached hydrogens (tertiary/aromatic N) is 2. The Morgan fingerprint density at radius 3 is 2.43 bits per heavy atom. The van der Waals surface area contributed by atoms with Gasteiger partial charge in [0.15, 0.2) is 0 Å². The number of hydrogen-bond donors (Lipinski definition) is 1. The van der Waals surface area contributed by atoms with Crippen molar-refractivity contribution in [3.8, 4) is 0 Å². The summed E-state index contributed by atoms with van der Waals surface area (Å²) in [6.07, 6.45) is 0. The van der Waals surface area contributed by atoms with Crippen LogP contribution in [-0.2, 0) is 26.2 Å². The zero-order valence-corrected chi connectivity index (χ0v) is 15.9. The summed E-state index contributed by atoms with van der Waals surface area (Å²) in [5.74, 6) is -1.29. The monoisotopic (exact) mass is 411 g/mol. The molecule has 0 radical (unpaired) electrons. The second kappa shape index (κ2) is 8.76. The van der Waals surface area contributed by atoms with Gasteiger partial charge in [0.05, 0.1) is 9.82 Å². The van der Waals surface area contributed by atoms with Gasteiger partial charge < -0.3 is 9.64 Å². The Morgan fingerprint density at radius 2 is 1.86 bits per heavy atom. The average molecular weight is 411 g/mol. The Hall–Kier alpha value is -3.05. The van der Waals surface area contributed by atoms with Gasteiger partial charge in [-0.1, -0.05) is 12.1 Å². The summed E-state index contributed by atoms with van der Waals surface area (Å²) in [4.78, 5) is 23.4. The number of sulfonamides is 1. The minimum Gasteiger partial charge on any atom is -0.460 e. The first kappa shape index (κ1) is 21.3. The third kappa shape index (κ3) is 5.47. The lowest BCUT2D eigenvalue weighted by molar-refractivity contribution is -0.384. The number of nitrogens with one attached hydrogen (secondary N) is 1. The number of anilines is 1. The average Bonchev–Trinajstić information content (AvgIpc) is 2.65. The molecule has 0 aromatic heterocycles. The molecule has 2 aromatic rings. The van der Waals surface area contributed by atoms with Crippen LogP contribution in [-0.4, -0.2) is 40.0 Å². The topological polar surface area (TPSA) is 119 Å². The van der Waals surface area contributed by atoms with E-state index >= 15 is 0 Å². The molecule has 28 heavy (non-hydrogen) atoms. The van der Waals surface area contributed by atoms with Crippen LogP contribution in [0.25, 0.3) is 0 Å². The SMILES string of the molecule is CN(C)c1ccc(S(=O)(=O)NCC(=O)OCc2ccc(F)cc2)cc1[N+](=O)[O-]. The zero-order valence-electron chi connectivity index (χ0n) is 15.1. The number of esters is 1. The van der Waals surface area contributed by atoms with E-state index in [2.05, 4.69) is 0 Å². The van der Waals surface area contributed by atoms with Gasteiger partial charge in [-0.25, -0.2) is 12.8 Å². The number of carbonyl (C=O) groups excluding carboxylic acids is 1. The Bertz CT molecular complexity index is 977. The van der Waals surface area contributed by atoms with Gasteiger partial charge in [0.1, 0.15) is 24.7 Å². The highest BCUT2D eigenvalue weighted by Crippen LogP contribution is 2.29. The number of rotatable bonds is 8. The van der Waals surface area contributed by atoms with Gasteiger partial charge in [-0.3, -0.25) is 14.9 Å². The molecule has 0 aliphatic rings. The maximum Gasteiger partial charge on any atom is 0.321 e. The van der Waals surface area contributed by atoms with Crippen molar-refractivity contribution in [2.24, 2.45) is 0 Å². The van der Waals surface area contributed by atoms with Gasteiger partial charge in [0.2, 0.25) is 10.0 Å². The molecule has 150 valence electrons. The van der Waals surface area contributed by atoms with E-state index in [1.807, 2.05) is 4.72 Å². The van der Waals surface area contributed by atoms with Crippen LogP contribution < -0.4 is 9.62 Å². The van der Waals surface area contributed by atoms with Crippen molar-refractivity contribution in [1.29, 1.82) is 0 Å². The van der Waals surface area contributed by atoms with Gasteiger partial charge in [0, 0.05) is 20.2 Å². The highest BCUT2D eigenvalue weighted by molar-refractivity contribution is 7.89. The number of benzene rings is 2. The molecule has 0 atom stereocenters. The Balaban J connectivity index is 2.03. The summed E-state index contributed by atoms with van der Waals surface area (Å²) < 4.78 is 44.4. The van der Waals surface area contributed by atoms with E-state index in [1.54, 1.807) is 14.1 Å². The standard InChI is InChI=1S/C17H18FN3O6S/c1-20(2)15-8-7-14(9-16(15)21(23)24)28(25,26)19-10-17(22)27-11-12-3-5-13(18)6-4-12/h3-9,19H,10-11H2,1-2H3. The molecule has 0 aliphatic heterocycles. The lowest BCUT2D eigenvalue weighted by Crippen LogP contribution is -2.30. The normalized spacial score (nSPS) is 11.1. The van der Waals surface area contributed by atoms with E-state index in [4.69, 9.17) is 4.74 Å². The predicted octanol–water partition coefficient (Wildman–Crippen LogP) is 1.82. The summed E-state index contributed by atoms with van der Waals surface area (Å²) in [7, 11) is -0.987. The Morgan fingerprint density at radius 1 is 1.21 bits per heavy atom. The lowest BCUT2D eigenvalue weighted by Gasteiger charge is -2.13. The predicted molar refractivity (Wildman–Crippen MR) is 98.8 cm³/mol. The van der Waals surface area contributed by atoms with Crippen molar-refractivity contribution in [3.63, 3.8) is 0 Å². The molecule has 0 heterocycles. The second-order valence-electron chi connectivity index (χ2n) is 5.91. The fraction of sp³-hybridized carbons (Fsp3) is 0.235. The molecule has 0 fully saturated rings. The number of nitro groups is 1. The number of carbonyl (C=O) groups is 1. The molecule has 2 aromatic carbocycles. The van der Waals surface area contributed by atoms with Crippen LogP contribution in [0.5, 0.6) is 0 Å². The zero-order chi connectivity index (χ0) is 20.9. The van der Waals surface area contributed by atoms with Gasteiger partial charge in [-0.2, -0.15) is 4.72 Å². The van der Waals surface area contributed by atoms with Crippen molar-refractivity contribution in [2.45, 2.75) is 11.5 Å². The van der Waals surface area contributed by atoms with Crippen LogP contribution in [0, 0.1) is 15.9 Å². The van der Waals surface area contributed by atoms with Crippen LogP contribution in [0.1, 0.15) is 5.56 Å². The molecule has 11 heteroatoms. The molecular weight excluding hydrogens is 393 g/mol. The molecule has 2 rings (SSSR count). The maximum absolute atomic E-state index is 12.8. The summed E-state index contributed by atoms with van der Waals surface area (Å²) in [6.45, 7) is -0.809. The first-order valence-electron chi connectivity index (χ1n) is 7.95. The van der Waals surface area contributed by atoms with E-state index in [0.29, 0.717) is 5.56 Å². The van der Waals surface area contributed by atoms with Crippen molar-refractivity contribution >= 4 is 27.4 Å². The van der Waals surface area contributed by atoms with Crippen LogP contribution in [0.3, 0.4) is 0 Å². The number of halogens is 1. The van der Waals surface area contributed by atoms with E-state index in [0.717, 1.165) is 6.07 Å². The van der Waals surface area contributed by atoms with Crippen molar-refractivity contribution in [1.82, 2.24) is 4.72 Å². The molecule has 0 unspecified atom stereocenters. The van der Waals surface area contributed by atoms with Crippen LogP contribution in [0.2, 0.25) is 0 Å². The smallest absolute Gasteiger partial charge is 0.321 e. The van der Waals surface area contributed by atoms with Crippen molar-refractivity contribution in [2.75, 3.05) is 25.5 Å². The first-order chi connectivity index (χ1) is 13.1. The molecule has 0 bridgehead atoms. The number of hydrogen-bond acceptors (Lipinski definition) is 7. The summed E-state index contributed by atoms with van der Waals surface area (Å²) in [6, 6.07) is 8.69. The number of ether oxygens (including phenoxy) is 1. The molecular formula is C17H18FN3O6S. The van der Waals surface area contributed by atoms with Gasteiger partial charge >= 0.3 is 5.97 Å². The van der Waals surface area contributed by atoms with Gasteiger partial charge in [-0.05, 0) is 29.8 Å². The molecule has 0 aliphatic carbocycles. The van der Waals surface area contributed by atoms with Crippen LogP contribution >= 0.6 is 0 Å². The van der Waals surface area contributed by atoms with E-state index in [1.165, 1.54) is 41.3 Å². The second-order valence-corrected chi connectivity index (χ2v) is 7.68. The van der Waals surface area contributed by atoms with E-state index < -0.39 is 33.3 Å². The van der Waals surface area contributed by atoms with E-state index in [-0.39, 0.29) is 22.9 Å². The Labute approximate surface area is 160 Å². The maximum atomic E-state index is 12.8. The van der Waals surface area contributed by atoms with Gasteiger partial charge in [-0.15, -0.1) is 0 Å². The fourth-order valence-electron chi connectivity index (χ4n) is 2.23. The molecule has 9 nitrogen and oxygen atoms in total. The molecule has 0 amide bonds. The van der Waals surface area contributed by atoms with Crippen LogP contribution in [0.15, 0.2) is 47.4 Å². The summed E-state index contributed by atoms with van der Waals surface area (Å²) in [5.41, 5.74) is 0.391. The molecule has 0 saturated carbocycles. The van der Waals surface area contributed by atoms with Crippen molar-refractivity contribution < 1.29 is 27.3 Å². The first-order valence-corrected chi connectivity index (χ1v) is 9.44. The third-order valence-corrected chi connectivity index (χ3v) is 5.05. The third-order valence-electron chi connectivity index (χ3n) is 3.66. The number of nitro benzene ring substituents is 1. The lowest BCUT2D eigenvalue weighted by atomic mass is 10.2. The minimum absolute atomic E-state index is 0.149. The quantitative estimate of drug-likeness (QED) is 0.400. The fourth-order valence-corrected chi connectivity index (χ4v) is 3.22.